The van der Waals surface area contributed by atoms with E-state index >= 15 is 0 Å². The van der Waals surface area contributed by atoms with E-state index in [1.54, 1.807) is 49.4 Å². The summed E-state index contributed by atoms with van der Waals surface area (Å²) in [4.78, 5) is 24.3. The number of fused-ring (bicyclic) bond motifs is 1. The summed E-state index contributed by atoms with van der Waals surface area (Å²) < 4.78 is 21.6. The summed E-state index contributed by atoms with van der Waals surface area (Å²) in [6, 6.07) is 11.3. The van der Waals surface area contributed by atoms with Crippen molar-refractivity contribution in [1.29, 1.82) is 0 Å². The van der Waals surface area contributed by atoms with Crippen molar-refractivity contribution in [2.75, 3.05) is 13.2 Å². The molecule has 0 atom stereocenters. The SMILES string of the molecule is C=C(C)COc1ccc2c(=O)c(Oc3ccc(C(=O)OCC)cc3)coc2c1. The zero-order valence-corrected chi connectivity index (χ0v) is 15.7. The Balaban J connectivity index is 1.81. The van der Waals surface area contributed by atoms with Crippen molar-refractivity contribution in [2.45, 2.75) is 13.8 Å². The maximum Gasteiger partial charge on any atom is 0.338 e. The second kappa shape index (κ2) is 8.43. The van der Waals surface area contributed by atoms with Gasteiger partial charge in [0.1, 0.15) is 30.0 Å². The van der Waals surface area contributed by atoms with Crippen LogP contribution >= 0.6 is 0 Å². The molecule has 0 fully saturated rings. The van der Waals surface area contributed by atoms with Gasteiger partial charge in [-0.3, -0.25) is 4.79 Å². The first-order valence-electron chi connectivity index (χ1n) is 8.75. The second-order valence-corrected chi connectivity index (χ2v) is 6.18. The molecule has 0 aliphatic carbocycles. The van der Waals surface area contributed by atoms with Gasteiger partial charge in [-0.05, 0) is 55.8 Å². The normalized spacial score (nSPS) is 10.5. The van der Waals surface area contributed by atoms with Gasteiger partial charge < -0.3 is 18.6 Å². The number of hydrogen-bond acceptors (Lipinski definition) is 6. The summed E-state index contributed by atoms with van der Waals surface area (Å²) in [5.41, 5.74) is 1.39. The van der Waals surface area contributed by atoms with Gasteiger partial charge in [0.05, 0.1) is 17.6 Å². The van der Waals surface area contributed by atoms with Crippen LogP contribution in [0.2, 0.25) is 0 Å². The molecule has 28 heavy (non-hydrogen) atoms. The van der Waals surface area contributed by atoms with Crippen LogP contribution in [0.1, 0.15) is 24.2 Å². The van der Waals surface area contributed by atoms with Crippen molar-refractivity contribution in [1.82, 2.24) is 0 Å². The maximum absolute atomic E-state index is 12.7. The lowest BCUT2D eigenvalue weighted by atomic mass is 10.2. The van der Waals surface area contributed by atoms with Gasteiger partial charge in [0.25, 0.3) is 0 Å². The van der Waals surface area contributed by atoms with Crippen molar-refractivity contribution in [2.24, 2.45) is 0 Å². The van der Waals surface area contributed by atoms with Crippen LogP contribution in [0.4, 0.5) is 0 Å². The van der Waals surface area contributed by atoms with Gasteiger partial charge in [-0.2, -0.15) is 0 Å². The maximum atomic E-state index is 12.7. The third-order valence-corrected chi connectivity index (χ3v) is 3.79. The fourth-order valence-electron chi connectivity index (χ4n) is 2.46. The summed E-state index contributed by atoms with van der Waals surface area (Å²) in [7, 11) is 0. The molecule has 1 heterocycles. The van der Waals surface area contributed by atoms with E-state index in [9.17, 15) is 9.59 Å². The molecule has 0 saturated carbocycles. The number of carbonyl (C=O) groups excluding carboxylic acids is 1. The number of carbonyl (C=O) groups is 1. The Hall–Kier alpha value is -3.54. The fourth-order valence-corrected chi connectivity index (χ4v) is 2.46. The van der Waals surface area contributed by atoms with Gasteiger partial charge >= 0.3 is 5.97 Å². The van der Waals surface area contributed by atoms with Crippen LogP contribution in [0, 0.1) is 0 Å². The van der Waals surface area contributed by atoms with Crippen LogP contribution in [0.5, 0.6) is 17.2 Å². The summed E-state index contributed by atoms with van der Waals surface area (Å²) in [5.74, 6) is 0.624. The zero-order valence-electron chi connectivity index (χ0n) is 15.7. The van der Waals surface area contributed by atoms with Crippen LogP contribution in [0.3, 0.4) is 0 Å². The summed E-state index contributed by atoms with van der Waals surface area (Å²) in [5, 5.41) is 0.378. The molecule has 0 N–H and O–H groups in total. The molecule has 0 spiro atoms. The molecule has 2 aromatic carbocycles. The number of hydrogen-bond donors (Lipinski definition) is 0. The highest BCUT2D eigenvalue weighted by molar-refractivity contribution is 5.89. The quantitative estimate of drug-likeness (QED) is 0.436. The molecule has 6 heteroatoms. The van der Waals surface area contributed by atoms with E-state index in [-0.39, 0.29) is 11.2 Å². The summed E-state index contributed by atoms with van der Waals surface area (Å²) >= 11 is 0. The molecule has 144 valence electrons. The molecule has 3 aromatic rings. The van der Waals surface area contributed by atoms with Crippen LogP contribution in [0.15, 0.2) is 70.1 Å². The monoisotopic (exact) mass is 380 g/mol. The molecule has 0 aliphatic rings. The first-order valence-corrected chi connectivity index (χ1v) is 8.75. The summed E-state index contributed by atoms with van der Waals surface area (Å²) in [6.45, 7) is 8.08. The molecule has 6 nitrogen and oxygen atoms in total. The van der Waals surface area contributed by atoms with Gasteiger partial charge in [-0.15, -0.1) is 0 Å². The van der Waals surface area contributed by atoms with Gasteiger partial charge in [0.2, 0.25) is 11.2 Å². The molecule has 3 rings (SSSR count). The first kappa shape index (κ1) is 19.2. The second-order valence-electron chi connectivity index (χ2n) is 6.18. The minimum absolute atomic E-state index is 0.0481. The van der Waals surface area contributed by atoms with Crippen molar-refractivity contribution >= 4 is 16.9 Å². The Labute approximate surface area is 162 Å². The average molecular weight is 380 g/mol. The largest absolute Gasteiger partial charge is 0.489 e. The molecular formula is C22H20O6. The Morgan fingerprint density at radius 2 is 1.82 bits per heavy atom. The predicted octanol–water partition coefficient (Wildman–Crippen LogP) is 4.72. The molecule has 0 amide bonds. The lowest BCUT2D eigenvalue weighted by molar-refractivity contribution is 0.0526. The number of rotatable bonds is 7. The lowest BCUT2D eigenvalue weighted by Gasteiger charge is -2.08. The molecule has 0 unspecified atom stereocenters. The minimum Gasteiger partial charge on any atom is -0.489 e. The van der Waals surface area contributed by atoms with E-state index in [2.05, 4.69) is 6.58 Å². The van der Waals surface area contributed by atoms with E-state index in [0.717, 1.165) is 5.57 Å². The topological polar surface area (TPSA) is 75.0 Å². The molecule has 0 saturated heterocycles. The third-order valence-electron chi connectivity index (χ3n) is 3.79. The number of benzene rings is 2. The van der Waals surface area contributed by atoms with Crippen molar-refractivity contribution in [3.63, 3.8) is 0 Å². The van der Waals surface area contributed by atoms with Gasteiger partial charge in [-0.25, -0.2) is 4.79 Å². The van der Waals surface area contributed by atoms with E-state index in [1.807, 2.05) is 6.92 Å². The van der Waals surface area contributed by atoms with E-state index in [4.69, 9.17) is 18.6 Å². The molecule has 0 aliphatic heterocycles. The molecular weight excluding hydrogens is 360 g/mol. The Morgan fingerprint density at radius 1 is 1.11 bits per heavy atom. The highest BCUT2D eigenvalue weighted by atomic mass is 16.5. The highest BCUT2D eigenvalue weighted by Gasteiger charge is 2.11. The van der Waals surface area contributed by atoms with E-state index in [0.29, 0.717) is 41.2 Å². The van der Waals surface area contributed by atoms with Gasteiger partial charge in [-0.1, -0.05) is 6.58 Å². The van der Waals surface area contributed by atoms with E-state index < -0.39 is 5.97 Å². The molecule has 0 radical (unpaired) electrons. The lowest BCUT2D eigenvalue weighted by Crippen LogP contribution is -2.06. The first-order chi connectivity index (χ1) is 13.5. The standard InChI is InChI=1S/C22H20O6/c1-4-25-22(24)15-5-7-16(8-6-15)28-20-13-27-19-11-17(26-12-14(2)3)9-10-18(19)21(20)23/h5-11,13H,2,4,12H2,1,3H3. The van der Waals surface area contributed by atoms with Gasteiger partial charge in [0.15, 0.2) is 0 Å². The number of esters is 1. The van der Waals surface area contributed by atoms with Crippen LogP contribution in [0.25, 0.3) is 11.0 Å². The Kier molecular flexibility index (Phi) is 5.79. The number of ether oxygens (including phenoxy) is 3. The minimum atomic E-state index is -0.413. The van der Waals surface area contributed by atoms with Crippen LogP contribution in [-0.2, 0) is 4.74 Å². The average Bonchev–Trinajstić information content (AvgIpc) is 2.69. The molecule has 1 aromatic heterocycles. The predicted molar refractivity (Wildman–Crippen MR) is 105 cm³/mol. The smallest absolute Gasteiger partial charge is 0.338 e. The fraction of sp³-hybridized carbons (Fsp3) is 0.182. The van der Waals surface area contributed by atoms with Crippen LogP contribution < -0.4 is 14.9 Å². The van der Waals surface area contributed by atoms with Crippen molar-refractivity contribution < 1.29 is 23.4 Å². The third kappa shape index (κ3) is 4.40. The zero-order chi connectivity index (χ0) is 20.1. The Morgan fingerprint density at radius 3 is 2.50 bits per heavy atom. The Bertz CT molecular complexity index is 1060. The highest BCUT2D eigenvalue weighted by Crippen LogP contribution is 2.24. The van der Waals surface area contributed by atoms with E-state index in [1.165, 1.54) is 6.26 Å². The van der Waals surface area contributed by atoms with Crippen molar-refractivity contribution in [3.8, 4) is 17.2 Å². The van der Waals surface area contributed by atoms with Crippen molar-refractivity contribution in [3.05, 3.63) is 76.7 Å². The summed E-state index contributed by atoms with van der Waals surface area (Å²) in [6.07, 6.45) is 1.26. The van der Waals surface area contributed by atoms with Crippen LogP contribution in [-0.4, -0.2) is 19.2 Å². The van der Waals surface area contributed by atoms with Gasteiger partial charge in [0, 0.05) is 6.07 Å². The molecule has 0 bridgehead atoms.